The Labute approximate surface area is 151 Å². The molecule has 2 amide bonds. The molecule has 140 valence electrons. The van der Waals surface area contributed by atoms with E-state index in [0.29, 0.717) is 51.4 Å². The SMILES string of the molecule is O=C(O)c1cccc(C(=O)NCC2CNC(C(=O)N3CCOCC3)C2)c1. The summed E-state index contributed by atoms with van der Waals surface area (Å²) in [5, 5.41) is 15.1. The fraction of sp³-hybridized carbons (Fsp3) is 0.500. The van der Waals surface area contributed by atoms with Gasteiger partial charge in [0.15, 0.2) is 0 Å². The first-order valence-corrected chi connectivity index (χ1v) is 8.76. The van der Waals surface area contributed by atoms with Crippen molar-refractivity contribution in [2.75, 3.05) is 39.4 Å². The van der Waals surface area contributed by atoms with Crippen LogP contribution in [-0.2, 0) is 9.53 Å². The first-order chi connectivity index (χ1) is 12.5. The fourth-order valence-corrected chi connectivity index (χ4v) is 3.29. The van der Waals surface area contributed by atoms with E-state index < -0.39 is 5.97 Å². The summed E-state index contributed by atoms with van der Waals surface area (Å²) in [6.45, 7) is 3.50. The average Bonchev–Trinajstić information content (AvgIpc) is 3.15. The zero-order valence-corrected chi connectivity index (χ0v) is 14.4. The third-order valence-electron chi connectivity index (χ3n) is 4.77. The maximum absolute atomic E-state index is 12.5. The summed E-state index contributed by atoms with van der Waals surface area (Å²) >= 11 is 0. The molecule has 0 spiro atoms. The molecule has 2 unspecified atom stereocenters. The molecule has 2 aliphatic heterocycles. The van der Waals surface area contributed by atoms with Crippen LogP contribution in [-0.4, -0.2) is 73.2 Å². The van der Waals surface area contributed by atoms with Crippen molar-refractivity contribution >= 4 is 17.8 Å². The van der Waals surface area contributed by atoms with Crippen molar-refractivity contribution in [3.05, 3.63) is 35.4 Å². The van der Waals surface area contributed by atoms with Gasteiger partial charge in [-0.3, -0.25) is 9.59 Å². The Hall–Kier alpha value is -2.45. The topological polar surface area (TPSA) is 108 Å². The predicted octanol–water partition coefficient (Wildman–Crippen LogP) is -0.0485. The molecule has 3 rings (SSSR count). The number of carbonyl (C=O) groups excluding carboxylic acids is 2. The van der Waals surface area contributed by atoms with Crippen molar-refractivity contribution in [1.29, 1.82) is 0 Å². The molecular weight excluding hydrogens is 338 g/mol. The summed E-state index contributed by atoms with van der Waals surface area (Å²) in [5.41, 5.74) is 0.396. The zero-order chi connectivity index (χ0) is 18.5. The number of benzene rings is 1. The second-order valence-electron chi connectivity index (χ2n) is 6.60. The minimum Gasteiger partial charge on any atom is -0.478 e. The Bertz CT molecular complexity index is 687. The predicted molar refractivity (Wildman–Crippen MR) is 93.0 cm³/mol. The van der Waals surface area contributed by atoms with Gasteiger partial charge in [-0.05, 0) is 30.5 Å². The fourth-order valence-electron chi connectivity index (χ4n) is 3.29. The van der Waals surface area contributed by atoms with Gasteiger partial charge in [0.25, 0.3) is 5.91 Å². The van der Waals surface area contributed by atoms with Crippen molar-refractivity contribution in [1.82, 2.24) is 15.5 Å². The molecule has 2 atom stereocenters. The van der Waals surface area contributed by atoms with Crippen LogP contribution in [0.1, 0.15) is 27.1 Å². The maximum Gasteiger partial charge on any atom is 0.335 e. The van der Waals surface area contributed by atoms with E-state index in [-0.39, 0.29) is 29.3 Å². The Morgan fingerprint density at radius 2 is 1.96 bits per heavy atom. The molecule has 0 radical (unpaired) electrons. The molecule has 3 N–H and O–H groups in total. The summed E-state index contributed by atoms with van der Waals surface area (Å²) < 4.78 is 5.27. The van der Waals surface area contributed by atoms with Gasteiger partial charge in [0, 0.05) is 31.7 Å². The quantitative estimate of drug-likeness (QED) is 0.679. The number of nitrogens with zero attached hydrogens (tertiary/aromatic N) is 1. The van der Waals surface area contributed by atoms with Crippen LogP contribution < -0.4 is 10.6 Å². The summed E-state index contributed by atoms with van der Waals surface area (Å²) in [6.07, 6.45) is 0.672. The standard InChI is InChI=1S/C18H23N3O5/c22-16(13-2-1-3-14(9-13)18(24)25)20-11-12-8-15(19-10-12)17(23)21-4-6-26-7-5-21/h1-3,9,12,15,19H,4-8,10-11H2,(H,20,22)(H,24,25). The highest BCUT2D eigenvalue weighted by Gasteiger charge is 2.32. The Balaban J connectivity index is 1.48. The minimum atomic E-state index is -1.07. The summed E-state index contributed by atoms with van der Waals surface area (Å²) in [4.78, 5) is 37.5. The lowest BCUT2D eigenvalue weighted by Crippen LogP contribution is -2.48. The molecule has 2 saturated heterocycles. The van der Waals surface area contributed by atoms with E-state index >= 15 is 0 Å². The maximum atomic E-state index is 12.5. The number of hydrogen-bond acceptors (Lipinski definition) is 5. The number of amides is 2. The smallest absolute Gasteiger partial charge is 0.335 e. The number of hydrogen-bond donors (Lipinski definition) is 3. The van der Waals surface area contributed by atoms with E-state index in [0.717, 1.165) is 0 Å². The van der Waals surface area contributed by atoms with E-state index in [9.17, 15) is 14.4 Å². The lowest BCUT2D eigenvalue weighted by atomic mass is 10.0. The molecule has 2 heterocycles. The number of carboxylic acid groups (broad SMARTS) is 1. The normalized spacial score (nSPS) is 22.8. The van der Waals surface area contributed by atoms with Crippen LogP contribution in [0.4, 0.5) is 0 Å². The number of ether oxygens (including phenoxy) is 1. The van der Waals surface area contributed by atoms with Gasteiger partial charge < -0.3 is 25.4 Å². The van der Waals surface area contributed by atoms with Crippen LogP contribution in [0.2, 0.25) is 0 Å². The highest BCUT2D eigenvalue weighted by Crippen LogP contribution is 2.16. The molecule has 2 aliphatic rings. The number of rotatable bonds is 5. The van der Waals surface area contributed by atoms with Gasteiger partial charge in [-0.2, -0.15) is 0 Å². The van der Waals surface area contributed by atoms with Crippen molar-refractivity contribution in [3.8, 4) is 0 Å². The lowest BCUT2D eigenvalue weighted by Gasteiger charge is -2.29. The second-order valence-corrected chi connectivity index (χ2v) is 6.60. The number of nitrogens with one attached hydrogen (secondary N) is 2. The number of carboxylic acids is 1. The zero-order valence-electron chi connectivity index (χ0n) is 14.4. The summed E-state index contributed by atoms with van der Waals surface area (Å²) in [5.74, 6) is -1.12. The highest BCUT2D eigenvalue weighted by molar-refractivity contribution is 5.97. The Kier molecular flexibility index (Phi) is 5.85. The summed E-state index contributed by atoms with van der Waals surface area (Å²) in [7, 11) is 0. The van der Waals surface area contributed by atoms with Crippen LogP contribution in [0, 0.1) is 5.92 Å². The molecule has 0 saturated carbocycles. The third-order valence-corrected chi connectivity index (χ3v) is 4.77. The van der Waals surface area contributed by atoms with Crippen LogP contribution in [0.3, 0.4) is 0 Å². The van der Waals surface area contributed by atoms with E-state index in [4.69, 9.17) is 9.84 Å². The first kappa shape index (κ1) is 18.3. The van der Waals surface area contributed by atoms with Gasteiger partial charge in [0.05, 0.1) is 24.8 Å². The van der Waals surface area contributed by atoms with Gasteiger partial charge in [0.1, 0.15) is 0 Å². The number of morpholine rings is 1. The van der Waals surface area contributed by atoms with Crippen molar-refractivity contribution in [2.45, 2.75) is 12.5 Å². The molecule has 0 bridgehead atoms. The van der Waals surface area contributed by atoms with Crippen LogP contribution in [0.15, 0.2) is 24.3 Å². The van der Waals surface area contributed by atoms with Crippen molar-refractivity contribution < 1.29 is 24.2 Å². The third kappa shape index (κ3) is 4.39. The average molecular weight is 361 g/mol. The molecule has 1 aromatic carbocycles. The molecule has 8 nitrogen and oxygen atoms in total. The monoisotopic (exact) mass is 361 g/mol. The van der Waals surface area contributed by atoms with Crippen molar-refractivity contribution in [3.63, 3.8) is 0 Å². The highest BCUT2D eigenvalue weighted by atomic mass is 16.5. The first-order valence-electron chi connectivity index (χ1n) is 8.76. The number of aromatic carboxylic acids is 1. The van der Waals surface area contributed by atoms with E-state index in [1.807, 2.05) is 4.90 Å². The molecule has 0 aromatic heterocycles. The van der Waals surface area contributed by atoms with E-state index in [1.165, 1.54) is 12.1 Å². The Morgan fingerprint density at radius 3 is 2.69 bits per heavy atom. The Morgan fingerprint density at radius 1 is 1.23 bits per heavy atom. The second kappa shape index (κ2) is 8.29. The van der Waals surface area contributed by atoms with Gasteiger partial charge in [0.2, 0.25) is 5.91 Å². The van der Waals surface area contributed by atoms with Gasteiger partial charge >= 0.3 is 5.97 Å². The molecule has 0 aliphatic carbocycles. The van der Waals surface area contributed by atoms with Crippen LogP contribution in [0.25, 0.3) is 0 Å². The van der Waals surface area contributed by atoms with Gasteiger partial charge in [-0.1, -0.05) is 6.07 Å². The molecule has 2 fully saturated rings. The van der Waals surface area contributed by atoms with Crippen molar-refractivity contribution in [2.24, 2.45) is 5.92 Å². The van der Waals surface area contributed by atoms with E-state index in [1.54, 1.807) is 12.1 Å². The van der Waals surface area contributed by atoms with Crippen LogP contribution >= 0.6 is 0 Å². The minimum absolute atomic E-state index is 0.0800. The molecule has 26 heavy (non-hydrogen) atoms. The molecule has 1 aromatic rings. The summed E-state index contributed by atoms with van der Waals surface area (Å²) in [6, 6.07) is 5.72. The van der Waals surface area contributed by atoms with Gasteiger partial charge in [-0.25, -0.2) is 4.79 Å². The van der Waals surface area contributed by atoms with Gasteiger partial charge in [-0.15, -0.1) is 0 Å². The molecular formula is C18H23N3O5. The lowest BCUT2D eigenvalue weighted by molar-refractivity contribution is -0.137. The van der Waals surface area contributed by atoms with Crippen LogP contribution in [0.5, 0.6) is 0 Å². The largest absolute Gasteiger partial charge is 0.478 e. The van der Waals surface area contributed by atoms with E-state index in [2.05, 4.69) is 10.6 Å². The number of carbonyl (C=O) groups is 3. The molecule has 8 heteroatoms.